The van der Waals surface area contributed by atoms with Gasteiger partial charge in [0.25, 0.3) is 0 Å². The number of nitrogens with two attached hydrogens (primary N) is 1. The Labute approximate surface area is 136 Å². The Morgan fingerprint density at radius 1 is 1.13 bits per heavy atom. The molecule has 0 radical (unpaired) electrons. The van der Waals surface area contributed by atoms with Crippen LogP contribution in [-0.2, 0) is 19.6 Å². The van der Waals surface area contributed by atoms with Gasteiger partial charge in [0, 0.05) is 6.54 Å². The molecule has 0 bridgehead atoms. The Morgan fingerprint density at radius 2 is 1.57 bits per heavy atom. The summed E-state index contributed by atoms with van der Waals surface area (Å²) < 4.78 is 27.2. The molecule has 11 heteroatoms. The molecule has 0 heterocycles. The maximum absolute atomic E-state index is 11.6. The Kier molecular flexibility index (Phi) is 9.81. The van der Waals surface area contributed by atoms with Crippen molar-refractivity contribution in [3.8, 4) is 0 Å². The summed E-state index contributed by atoms with van der Waals surface area (Å²) in [4.78, 5) is 26.8. The lowest BCUT2D eigenvalue weighted by molar-refractivity contribution is 0.0475. The molecule has 0 rings (SSSR count). The summed E-state index contributed by atoms with van der Waals surface area (Å²) in [6, 6.07) is 0. The summed E-state index contributed by atoms with van der Waals surface area (Å²) in [6.07, 6.45) is -1.91. The van der Waals surface area contributed by atoms with Crippen LogP contribution in [0.4, 0.5) is 9.59 Å². The molecule has 0 aliphatic carbocycles. The Bertz CT molecular complexity index is 474. The smallest absolute Gasteiger partial charge is 0.407 e. The highest BCUT2D eigenvalue weighted by Crippen LogP contribution is 2.12. The molecular formula is C12H27N3O7S. The van der Waals surface area contributed by atoms with Crippen LogP contribution < -0.4 is 15.9 Å². The van der Waals surface area contributed by atoms with Crippen LogP contribution in [0.5, 0.6) is 0 Å². The number of carbonyl (C=O) groups excluding carboxylic acids is 1. The van der Waals surface area contributed by atoms with Gasteiger partial charge in [-0.15, -0.1) is 0 Å². The van der Waals surface area contributed by atoms with Crippen molar-refractivity contribution < 1.29 is 32.7 Å². The maximum Gasteiger partial charge on any atom is 0.407 e. The number of hydrogen-bond acceptors (Lipinski definition) is 6. The molecule has 2 amide bonds. The van der Waals surface area contributed by atoms with Crippen LogP contribution >= 0.6 is 0 Å². The van der Waals surface area contributed by atoms with Crippen LogP contribution in [0.1, 0.15) is 41.5 Å². The average molecular weight is 357 g/mol. The minimum absolute atomic E-state index is 0.00848. The number of sulfonamides is 1. The zero-order valence-electron chi connectivity index (χ0n) is 14.3. The third-order valence-corrected chi connectivity index (χ3v) is 3.80. The number of alkyl carbamates (subject to hydrolysis) is 1. The number of carbonyl (C=O) groups is 2. The highest BCUT2D eigenvalue weighted by atomic mass is 32.2. The summed E-state index contributed by atoms with van der Waals surface area (Å²) in [5.41, 5.74) is 3.46. The van der Waals surface area contributed by atoms with Crippen molar-refractivity contribution in [1.82, 2.24) is 10.2 Å². The fourth-order valence-corrected chi connectivity index (χ4v) is 1.25. The van der Waals surface area contributed by atoms with Crippen molar-refractivity contribution >= 4 is 22.2 Å². The Hall–Kier alpha value is -1.59. The van der Waals surface area contributed by atoms with Crippen LogP contribution in [0.15, 0.2) is 0 Å². The van der Waals surface area contributed by atoms with E-state index in [1.165, 1.54) is 0 Å². The van der Waals surface area contributed by atoms with Gasteiger partial charge < -0.3 is 20.9 Å². The zero-order valence-corrected chi connectivity index (χ0v) is 15.1. The van der Waals surface area contributed by atoms with E-state index in [4.69, 9.17) is 19.5 Å². The van der Waals surface area contributed by atoms with Gasteiger partial charge in [-0.3, -0.25) is 4.84 Å². The predicted molar refractivity (Wildman–Crippen MR) is 84.2 cm³/mol. The second-order valence-electron chi connectivity index (χ2n) is 6.31. The van der Waals surface area contributed by atoms with E-state index >= 15 is 0 Å². The molecule has 138 valence electrons. The van der Waals surface area contributed by atoms with Gasteiger partial charge in [0.15, 0.2) is 0 Å². The van der Waals surface area contributed by atoms with E-state index in [2.05, 4.69) is 11.1 Å². The largest absolute Gasteiger partial charge is 0.465 e. The molecule has 0 aromatic rings. The van der Waals surface area contributed by atoms with E-state index in [-0.39, 0.29) is 13.2 Å². The molecule has 0 atom stereocenters. The second kappa shape index (κ2) is 9.53. The minimum Gasteiger partial charge on any atom is -0.465 e. The molecule has 0 aromatic carbocycles. The molecule has 5 N–H and O–H groups in total. The lowest BCUT2D eigenvalue weighted by Crippen LogP contribution is -2.41. The zero-order chi connectivity index (χ0) is 18.9. The average Bonchev–Trinajstić information content (AvgIpc) is 2.23. The minimum atomic E-state index is -3.54. The molecule has 0 spiro atoms. The summed E-state index contributed by atoms with van der Waals surface area (Å²) in [6.45, 7) is 10.1. The van der Waals surface area contributed by atoms with E-state index < -0.39 is 32.6 Å². The third-order valence-electron chi connectivity index (χ3n) is 1.85. The monoisotopic (exact) mass is 357 g/mol. The summed E-state index contributed by atoms with van der Waals surface area (Å²) in [7, 11) is -3.54. The Balaban J connectivity index is 0. The van der Waals surface area contributed by atoms with Crippen molar-refractivity contribution in [2.75, 3.05) is 13.2 Å². The van der Waals surface area contributed by atoms with Gasteiger partial charge in [0.05, 0.1) is 11.4 Å². The summed E-state index contributed by atoms with van der Waals surface area (Å²) in [5, 5.41) is 9.64. The lowest BCUT2D eigenvalue weighted by Gasteiger charge is -2.20. The maximum atomic E-state index is 11.6. The van der Waals surface area contributed by atoms with E-state index in [1.54, 1.807) is 41.5 Å². The molecule has 23 heavy (non-hydrogen) atoms. The van der Waals surface area contributed by atoms with Crippen LogP contribution in [0.2, 0.25) is 0 Å². The molecule has 0 saturated heterocycles. The van der Waals surface area contributed by atoms with Crippen molar-refractivity contribution in [2.45, 2.75) is 51.9 Å². The van der Waals surface area contributed by atoms with Gasteiger partial charge in [-0.25, -0.2) is 18.0 Å². The van der Waals surface area contributed by atoms with E-state index in [0.717, 1.165) is 0 Å². The van der Waals surface area contributed by atoms with Crippen molar-refractivity contribution in [3.63, 3.8) is 0 Å². The first-order chi connectivity index (χ1) is 10.1. The number of primary amides is 1. The predicted octanol–water partition coefficient (Wildman–Crippen LogP) is 0.784. The van der Waals surface area contributed by atoms with E-state index in [0.29, 0.717) is 0 Å². The van der Waals surface area contributed by atoms with Gasteiger partial charge in [0.2, 0.25) is 10.0 Å². The number of nitrogens with one attached hydrogen (secondary N) is 2. The van der Waals surface area contributed by atoms with Crippen molar-refractivity contribution in [1.29, 1.82) is 0 Å². The quantitative estimate of drug-likeness (QED) is 0.418. The fourth-order valence-electron chi connectivity index (χ4n) is 0.763. The first kappa shape index (κ1) is 23.7. The highest BCUT2D eigenvalue weighted by Gasteiger charge is 2.29. The van der Waals surface area contributed by atoms with Crippen LogP contribution in [0.3, 0.4) is 0 Å². The second-order valence-corrected chi connectivity index (χ2v) is 8.71. The molecular weight excluding hydrogens is 330 g/mol. The van der Waals surface area contributed by atoms with E-state index in [9.17, 15) is 13.2 Å². The van der Waals surface area contributed by atoms with Gasteiger partial charge >= 0.3 is 12.2 Å². The highest BCUT2D eigenvalue weighted by molar-refractivity contribution is 7.90. The van der Waals surface area contributed by atoms with Gasteiger partial charge in [-0.05, 0) is 41.5 Å². The molecule has 0 aliphatic rings. The Morgan fingerprint density at radius 3 is 1.91 bits per heavy atom. The van der Waals surface area contributed by atoms with E-state index in [1.807, 2.05) is 4.89 Å². The normalized spacial score (nSPS) is 11.9. The molecule has 0 unspecified atom stereocenters. The SMILES string of the molecule is CC(C)(C)OC(=O)NCCONS(=O)(=O)C(C)(C)C.NC(=O)O. The fraction of sp³-hybridized carbons (Fsp3) is 0.833. The first-order valence-corrected chi connectivity index (χ1v) is 8.15. The number of ether oxygens (including phenoxy) is 1. The van der Waals surface area contributed by atoms with Gasteiger partial charge in [0.1, 0.15) is 5.60 Å². The standard InChI is InChI=1S/C11H24N2O5S.CH3NO2/c1-10(2,3)18-9(14)12-7-8-17-13-19(15,16)11(4,5)6;2-1(3)4/h13H,7-8H2,1-6H3,(H,12,14);2H2,(H,3,4). The lowest BCUT2D eigenvalue weighted by atomic mass is 10.2. The van der Waals surface area contributed by atoms with Crippen LogP contribution in [0.25, 0.3) is 0 Å². The van der Waals surface area contributed by atoms with Crippen molar-refractivity contribution in [3.05, 3.63) is 0 Å². The molecule has 0 saturated carbocycles. The molecule has 0 aromatic heterocycles. The van der Waals surface area contributed by atoms with Crippen molar-refractivity contribution in [2.24, 2.45) is 5.73 Å². The number of hydrogen-bond donors (Lipinski definition) is 4. The first-order valence-electron chi connectivity index (χ1n) is 6.67. The summed E-state index contributed by atoms with van der Waals surface area (Å²) >= 11 is 0. The number of rotatable bonds is 5. The third kappa shape index (κ3) is 15.1. The molecule has 10 nitrogen and oxygen atoms in total. The molecule has 0 aliphatic heterocycles. The van der Waals surface area contributed by atoms with Crippen LogP contribution in [0, 0.1) is 0 Å². The van der Waals surface area contributed by atoms with Gasteiger partial charge in [-0.1, -0.05) is 4.89 Å². The van der Waals surface area contributed by atoms with Gasteiger partial charge in [-0.2, -0.15) is 0 Å². The topological polar surface area (TPSA) is 157 Å². The van der Waals surface area contributed by atoms with Crippen LogP contribution in [-0.4, -0.2) is 49.2 Å². The molecule has 0 fully saturated rings. The number of carboxylic acid groups (broad SMARTS) is 1. The number of amides is 2. The summed E-state index contributed by atoms with van der Waals surface area (Å²) in [5.74, 6) is 0.